The lowest BCUT2D eigenvalue weighted by molar-refractivity contribution is 0.103. The Labute approximate surface area is 313 Å². The molecule has 0 spiro atoms. The van der Waals surface area contributed by atoms with E-state index in [1.165, 1.54) is 6.20 Å². The molecule has 3 aromatic carbocycles. The number of aromatic nitrogens is 1. The zero-order valence-electron chi connectivity index (χ0n) is 28.2. The van der Waals surface area contributed by atoms with E-state index in [1.54, 1.807) is 31.3 Å². The number of hydrogen-bond donors (Lipinski definition) is 4. The fourth-order valence-corrected chi connectivity index (χ4v) is 6.39. The van der Waals surface area contributed by atoms with E-state index in [2.05, 4.69) is 21.3 Å². The van der Waals surface area contributed by atoms with Gasteiger partial charge >= 0.3 is 0 Å². The van der Waals surface area contributed by atoms with Crippen molar-refractivity contribution in [2.45, 2.75) is 51.2 Å². The summed E-state index contributed by atoms with van der Waals surface area (Å²) in [6.45, 7) is 4.50. The highest BCUT2D eigenvalue weighted by molar-refractivity contribution is 6.37. The summed E-state index contributed by atoms with van der Waals surface area (Å²) in [6, 6.07) is 18.4. The van der Waals surface area contributed by atoms with Gasteiger partial charge in [-0.2, -0.15) is 5.26 Å². The number of nitrogens with zero attached hydrogens (tertiary/aromatic N) is 3. The number of aliphatic hydroxyl groups is 3. The van der Waals surface area contributed by atoms with Crippen LogP contribution in [0.25, 0.3) is 11.1 Å². The van der Waals surface area contributed by atoms with Crippen molar-refractivity contribution < 1.29 is 29.5 Å². The van der Waals surface area contributed by atoms with Crippen LogP contribution in [0, 0.1) is 11.3 Å². The molecule has 0 radical (unpaired) electrons. The fourth-order valence-electron chi connectivity index (χ4n) is 5.59. The quantitative estimate of drug-likeness (QED) is 0.0895. The highest BCUT2D eigenvalue weighted by Gasteiger charge is 2.23. The number of benzene rings is 3. The maximum atomic E-state index is 9.77. The van der Waals surface area contributed by atoms with E-state index in [0.29, 0.717) is 67.7 Å². The number of likely N-dealkylation sites (tertiary alicyclic amines) is 1. The lowest BCUT2D eigenvalue weighted by Crippen LogP contribution is -2.48. The minimum absolute atomic E-state index is 0.0870. The molecular formula is C38H41Cl3N4O6. The summed E-state index contributed by atoms with van der Waals surface area (Å²) in [6.07, 6.45) is 4.46. The Hall–Kier alpha value is -3.63. The Morgan fingerprint density at radius 1 is 0.922 bits per heavy atom. The smallest absolute Gasteiger partial charge is 0.142 e. The van der Waals surface area contributed by atoms with Gasteiger partial charge in [-0.1, -0.05) is 65.1 Å². The molecular weight excluding hydrogens is 715 g/mol. The van der Waals surface area contributed by atoms with E-state index in [9.17, 15) is 20.6 Å². The topological polar surface area (TPSA) is 140 Å². The van der Waals surface area contributed by atoms with Crippen LogP contribution in [0.3, 0.4) is 0 Å². The van der Waals surface area contributed by atoms with Gasteiger partial charge in [0.1, 0.15) is 36.5 Å². The summed E-state index contributed by atoms with van der Waals surface area (Å²) in [4.78, 5) is 6.33. The first-order chi connectivity index (χ1) is 24.6. The molecule has 270 valence electrons. The number of rotatable bonds is 17. The second-order valence-corrected chi connectivity index (χ2v) is 13.9. The van der Waals surface area contributed by atoms with Gasteiger partial charge in [-0.25, -0.2) is 0 Å². The molecule has 0 saturated carbocycles. The van der Waals surface area contributed by atoms with Crippen molar-refractivity contribution in [3.8, 4) is 34.4 Å². The molecule has 1 saturated heterocycles. The van der Waals surface area contributed by atoms with Crippen LogP contribution in [0.2, 0.25) is 15.1 Å². The summed E-state index contributed by atoms with van der Waals surface area (Å²) in [5.41, 5.74) is 2.99. The number of aliphatic hydroxyl groups excluding tert-OH is 3. The van der Waals surface area contributed by atoms with E-state index in [-0.39, 0.29) is 39.1 Å². The van der Waals surface area contributed by atoms with Crippen LogP contribution >= 0.6 is 34.8 Å². The Kier molecular flexibility index (Phi) is 13.8. The summed E-state index contributed by atoms with van der Waals surface area (Å²) >= 11 is 20.5. The molecule has 51 heavy (non-hydrogen) atoms. The van der Waals surface area contributed by atoms with Gasteiger partial charge in [0.2, 0.25) is 0 Å². The predicted octanol–water partition coefficient (Wildman–Crippen LogP) is 6.41. The molecule has 0 bridgehead atoms. The summed E-state index contributed by atoms with van der Waals surface area (Å²) < 4.78 is 18.4. The average molecular weight is 756 g/mol. The highest BCUT2D eigenvalue weighted by atomic mass is 35.5. The van der Waals surface area contributed by atoms with Crippen LogP contribution in [-0.4, -0.2) is 76.3 Å². The van der Waals surface area contributed by atoms with Crippen molar-refractivity contribution in [2.24, 2.45) is 0 Å². The van der Waals surface area contributed by atoms with E-state index in [0.717, 1.165) is 37.1 Å². The Morgan fingerprint density at radius 3 is 2.39 bits per heavy atom. The third-order valence-electron chi connectivity index (χ3n) is 8.68. The fraction of sp³-hybridized carbons (Fsp3) is 0.368. The lowest BCUT2D eigenvalue weighted by Gasteiger charge is -2.27. The molecule has 1 fully saturated rings. The van der Waals surface area contributed by atoms with Crippen molar-refractivity contribution in [3.05, 3.63) is 104 Å². The third kappa shape index (κ3) is 10.3. The van der Waals surface area contributed by atoms with Gasteiger partial charge in [-0.15, -0.1) is 0 Å². The number of nitrogens with one attached hydrogen (secondary N) is 1. The van der Waals surface area contributed by atoms with Gasteiger partial charge < -0.3 is 39.7 Å². The monoisotopic (exact) mass is 754 g/mol. The SMILES string of the molecule is CC(CO)(CO)NCc1cc(Cl)c(OCc2cccc(-c3cccc(OCCCN4CCC(O)C4)c3Cl)c2Cl)cc1OCc1cncc(C#N)c1. The van der Waals surface area contributed by atoms with E-state index >= 15 is 0 Å². The number of halogens is 3. The number of hydrogen-bond acceptors (Lipinski definition) is 10. The maximum absolute atomic E-state index is 9.77. The van der Waals surface area contributed by atoms with Crippen molar-refractivity contribution in [1.82, 2.24) is 15.2 Å². The summed E-state index contributed by atoms with van der Waals surface area (Å²) in [5.74, 6) is 1.37. The molecule has 0 aliphatic carbocycles. The minimum Gasteiger partial charge on any atom is -0.492 e. The third-order valence-corrected chi connectivity index (χ3v) is 9.81. The normalized spacial score (nSPS) is 14.7. The average Bonchev–Trinajstić information content (AvgIpc) is 3.57. The zero-order chi connectivity index (χ0) is 36.4. The summed E-state index contributed by atoms with van der Waals surface area (Å²) in [5, 5.41) is 43.0. The number of pyridine rings is 1. The molecule has 2 heterocycles. The van der Waals surface area contributed by atoms with Gasteiger partial charge in [-0.3, -0.25) is 4.98 Å². The van der Waals surface area contributed by atoms with E-state index < -0.39 is 5.54 Å². The van der Waals surface area contributed by atoms with Crippen LogP contribution in [0.1, 0.15) is 42.0 Å². The predicted molar refractivity (Wildman–Crippen MR) is 198 cm³/mol. The molecule has 0 amide bonds. The number of ether oxygens (including phenoxy) is 3. The summed E-state index contributed by atoms with van der Waals surface area (Å²) in [7, 11) is 0. The van der Waals surface area contributed by atoms with Crippen LogP contribution in [-0.2, 0) is 19.8 Å². The van der Waals surface area contributed by atoms with Gasteiger partial charge in [0.15, 0.2) is 0 Å². The first kappa shape index (κ1) is 38.6. The standard InChI is InChI=1S/C38H41Cl3N4O6/c1-38(23-46,24-47)44-19-28-14-32(39)35(15-34(28)50-21-26-13-25(16-42)17-43-18-26)51-22-27-5-2-6-30(36(27)40)31-7-3-8-33(37(31)41)49-12-4-10-45-11-9-29(48)20-45/h2-3,5-8,13-15,17-18,29,44,46-48H,4,9-12,19-24H2,1H3. The van der Waals surface area contributed by atoms with Gasteiger partial charge in [-0.05, 0) is 38.0 Å². The van der Waals surface area contributed by atoms with Gasteiger partial charge in [0, 0.05) is 72.5 Å². The molecule has 1 atom stereocenters. The van der Waals surface area contributed by atoms with Crippen LogP contribution in [0.15, 0.2) is 67.0 Å². The van der Waals surface area contributed by atoms with Crippen LogP contribution in [0.5, 0.6) is 17.2 Å². The molecule has 4 aromatic rings. The number of β-amino-alcohol motifs (C(OH)–C–C–N with tert-alkyl or cyclic N) is 1. The maximum Gasteiger partial charge on any atom is 0.142 e. The van der Waals surface area contributed by atoms with Crippen LogP contribution in [0.4, 0.5) is 0 Å². The first-order valence-electron chi connectivity index (χ1n) is 16.6. The number of nitriles is 1. The first-order valence-corrected chi connectivity index (χ1v) is 17.7. The highest BCUT2D eigenvalue weighted by Crippen LogP contribution is 2.40. The van der Waals surface area contributed by atoms with E-state index in [4.69, 9.17) is 49.0 Å². The molecule has 1 unspecified atom stereocenters. The van der Waals surface area contributed by atoms with Crippen molar-refractivity contribution in [3.63, 3.8) is 0 Å². The Bertz CT molecular complexity index is 1830. The Balaban J connectivity index is 1.31. The van der Waals surface area contributed by atoms with Crippen molar-refractivity contribution >= 4 is 34.8 Å². The van der Waals surface area contributed by atoms with Crippen LogP contribution < -0.4 is 19.5 Å². The van der Waals surface area contributed by atoms with Gasteiger partial charge in [0.25, 0.3) is 0 Å². The zero-order valence-corrected chi connectivity index (χ0v) is 30.5. The minimum atomic E-state index is -0.932. The second kappa shape index (κ2) is 18.2. The molecule has 5 rings (SSSR count). The van der Waals surface area contributed by atoms with Gasteiger partial charge in [0.05, 0.1) is 52.1 Å². The van der Waals surface area contributed by atoms with Crippen molar-refractivity contribution in [2.75, 3.05) is 39.5 Å². The molecule has 4 N–H and O–H groups in total. The largest absolute Gasteiger partial charge is 0.492 e. The Morgan fingerprint density at radius 2 is 1.67 bits per heavy atom. The molecule has 1 aliphatic rings. The molecule has 1 aliphatic heterocycles. The van der Waals surface area contributed by atoms with Crippen molar-refractivity contribution in [1.29, 1.82) is 5.26 Å². The molecule has 13 heteroatoms. The second-order valence-electron chi connectivity index (χ2n) is 12.7. The van der Waals surface area contributed by atoms with E-state index in [1.807, 2.05) is 36.4 Å². The lowest BCUT2D eigenvalue weighted by atomic mass is 10.0. The molecule has 1 aromatic heterocycles. The molecule has 10 nitrogen and oxygen atoms in total.